The SMILES string of the molecule is Cc1ncnc(C)c1C(=O)N1CCC(C)(N2CCN(C(Cc3ccccc3)c3ccc(C(F)(F)F)cc3)[C@@H](C)C2)CC1. The summed E-state index contributed by atoms with van der Waals surface area (Å²) in [7, 11) is 0. The van der Waals surface area contributed by atoms with E-state index in [2.05, 4.69) is 45.7 Å². The van der Waals surface area contributed by atoms with Gasteiger partial charge in [-0.2, -0.15) is 13.2 Å². The number of piperidine rings is 1. The Morgan fingerprint density at radius 3 is 2.14 bits per heavy atom. The van der Waals surface area contributed by atoms with Crippen LogP contribution in [0.15, 0.2) is 60.9 Å². The maximum absolute atomic E-state index is 13.3. The van der Waals surface area contributed by atoms with Gasteiger partial charge in [-0.05, 0) is 70.2 Å². The minimum atomic E-state index is -4.35. The molecule has 2 atom stereocenters. The van der Waals surface area contributed by atoms with E-state index in [0.29, 0.717) is 30.0 Å². The summed E-state index contributed by atoms with van der Waals surface area (Å²) in [4.78, 5) is 28.7. The molecule has 2 aromatic carbocycles. The number of carbonyl (C=O) groups excluding carboxylic acids is 1. The predicted octanol–water partition coefficient (Wildman–Crippen LogP) is 6.10. The Hall–Kier alpha value is -3.30. The molecule has 1 unspecified atom stereocenters. The number of carbonyl (C=O) groups is 1. The average molecular weight is 580 g/mol. The van der Waals surface area contributed by atoms with Crippen LogP contribution in [-0.4, -0.2) is 74.9 Å². The summed E-state index contributed by atoms with van der Waals surface area (Å²) in [6.45, 7) is 12.1. The van der Waals surface area contributed by atoms with Crippen molar-refractivity contribution in [3.05, 3.63) is 94.6 Å². The number of aromatic nitrogens is 2. The van der Waals surface area contributed by atoms with Crippen molar-refractivity contribution >= 4 is 5.91 Å². The van der Waals surface area contributed by atoms with Gasteiger partial charge in [0.05, 0.1) is 22.5 Å². The zero-order valence-electron chi connectivity index (χ0n) is 24.9. The van der Waals surface area contributed by atoms with Gasteiger partial charge in [0.1, 0.15) is 6.33 Å². The number of amides is 1. The van der Waals surface area contributed by atoms with Crippen molar-refractivity contribution in [2.75, 3.05) is 32.7 Å². The molecule has 42 heavy (non-hydrogen) atoms. The Morgan fingerprint density at radius 1 is 0.952 bits per heavy atom. The molecule has 0 N–H and O–H groups in total. The van der Waals surface area contributed by atoms with Gasteiger partial charge >= 0.3 is 6.18 Å². The summed E-state index contributed by atoms with van der Waals surface area (Å²) in [5, 5.41) is 0. The molecule has 6 nitrogen and oxygen atoms in total. The topological polar surface area (TPSA) is 52.6 Å². The maximum atomic E-state index is 13.3. The number of piperazine rings is 1. The molecule has 1 amide bonds. The maximum Gasteiger partial charge on any atom is 0.416 e. The van der Waals surface area contributed by atoms with Gasteiger partial charge in [-0.3, -0.25) is 14.6 Å². The fourth-order valence-corrected chi connectivity index (χ4v) is 6.65. The second-order valence-corrected chi connectivity index (χ2v) is 12.1. The highest BCUT2D eigenvalue weighted by molar-refractivity contribution is 5.96. The van der Waals surface area contributed by atoms with E-state index in [9.17, 15) is 18.0 Å². The number of nitrogens with zero attached hydrogens (tertiary/aromatic N) is 5. The van der Waals surface area contributed by atoms with Crippen molar-refractivity contribution in [1.82, 2.24) is 24.7 Å². The quantitative estimate of drug-likeness (QED) is 0.354. The van der Waals surface area contributed by atoms with Gasteiger partial charge in [0.25, 0.3) is 5.91 Å². The number of halogens is 3. The monoisotopic (exact) mass is 579 g/mol. The van der Waals surface area contributed by atoms with Gasteiger partial charge in [0, 0.05) is 50.3 Å². The molecule has 2 saturated heterocycles. The van der Waals surface area contributed by atoms with Crippen molar-refractivity contribution in [3.63, 3.8) is 0 Å². The number of rotatable bonds is 6. The van der Waals surface area contributed by atoms with Crippen LogP contribution in [0.3, 0.4) is 0 Å². The fraction of sp³-hybridized carbons (Fsp3) is 0.485. The van der Waals surface area contributed by atoms with E-state index in [1.54, 1.807) is 12.1 Å². The van der Waals surface area contributed by atoms with Crippen LogP contribution in [0.4, 0.5) is 13.2 Å². The molecule has 0 spiro atoms. The highest BCUT2D eigenvalue weighted by atomic mass is 19.4. The molecule has 2 aliphatic heterocycles. The van der Waals surface area contributed by atoms with Crippen LogP contribution in [0.1, 0.15) is 71.2 Å². The molecule has 3 heterocycles. The van der Waals surface area contributed by atoms with E-state index in [1.165, 1.54) is 18.5 Å². The zero-order valence-corrected chi connectivity index (χ0v) is 24.9. The minimum absolute atomic E-state index is 0.00568. The zero-order chi connectivity index (χ0) is 30.1. The Kier molecular flexibility index (Phi) is 8.71. The molecule has 2 fully saturated rings. The third-order valence-electron chi connectivity index (χ3n) is 9.31. The first kappa shape index (κ1) is 30.2. The largest absolute Gasteiger partial charge is 0.416 e. The molecule has 224 valence electrons. The Balaban J connectivity index is 1.28. The van der Waals surface area contributed by atoms with E-state index < -0.39 is 11.7 Å². The van der Waals surface area contributed by atoms with Crippen LogP contribution in [0.25, 0.3) is 0 Å². The smallest absolute Gasteiger partial charge is 0.338 e. The first-order valence-corrected chi connectivity index (χ1v) is 14.8. The lowest BCUT2D eigenvalue weighted by Gasteiger charge is -2.53. The first-order valence-electron chi connectivity index (χ1n) is 14.8. The number of alkyl halides is 3. The van der Waals surface area contributed by atoms with Gasteiger partial charge in [-0.1, -0.05) is 42.5 Å². The lowest BCUT2D eigenvalue weighted by Crippen LogP contribution is -2.62. The lowest BCUT2D eigenvalue weighted by molar-refractivity contribution is -0.137. The minimum Gasteiger partial charge on any atom is -0.338 e. The van der Waals surface area contributed by atoms with Crippen LogP contribution in [-0.2, 0) is 12.6 Å². The highest BCUT2D eigenvalue weighted by Crippen LogP contribution is 2.36. The average Bonchev–Trinajstić information content (AvgIpc) is 2.96. The van der Waals surface area contributed by atoms with Gasteiger partial charge in [0.2, 0.25) is 0 Å². The van der Waals surface area contributed by atoms with Crippen molar-refractivity contribution < 1.29 is 18.0 Å². The molecule has 1 aromatic heterocycles. The van der Waals surface area contributed by atoms with Gasteiger partial charge in [-0.15, -0.1) is 0 Å². The van der Waals surface area contributed by atoms with Crippen molar-refractivity contribution in [2.45, 2.75) is 70.8 Å². The van der Waals surface area contributed by atoms with Crippen LogP contribution < -0.4 is 0 Å². The molecule has 3 aromatic rings. The van der Waals surface area contributed by atoms with Crippen molar-refractivity contribution in [2.24, 2.45) is 0 Å². The third kappa shape index (κ3) is 6.37. The Morgan fingerprint density at radius 2 is 1.57 bits per heavy atom. The van der Waals surface area contributed by atoms with Gasteiger partial charge < -0.3 is 4.90 Å². The fourth-order valence-electron chi connectivity index (χ4n) is 6.65. The van der Waals surface area contributed by atoms with Crippen LogP contribution in [0.2, 0.25) is 0 Å². The third-order valence-corrected chi connectivity index (χ3v) is 9.31. The van der Waals surface area contributed by atoms with Crippen LogP contribution in [0.5, 0.6) is 0 Å². The number of aryl methyl sites for hydroxylation is 2. The standard InChI is InChI=1S/C33H40F3N5O/c1-23-21-40(32(4)14-16-39(17-15-32)31(42)30-24(2)37-22-38-25(30)3)18-19-41(23)29(20-26-8-6-5-7-9-26)27-10-12-28(13-11-27)33(34,35)36/h5-13,22-23,29H,14-21H2,1-4H3/t23-,29?/m0/s1. The van der Waals surface area contributed by atoms with Crippen molar-refractivity contribution in [1.29, 1.82) is 0 Å². The molecule has 9 heteroatoms. The molecule has 5 rings (SSSR count). The molecular formula is C33H40F3N5O. The van der Waals surface area contributed by atoms with Crippen molar-refractivity contribution in [3.8, 4) is 0 Å². The summed E-state index contributed by atoms with van der Waals surface area (Å²) in [6.07, 6.45) is -0.369. The molecule has 0 saturated carbocycles. The number of benzene rings is 2. The summed E-state index contributed by atoms with van der Waals surface area (Å²) in [5.41, 5.74) is 3.45. The molecule has 0 bridgehead atoms. The second kappa shape index (κ2) is 12.1. The number of hydrogen-bond acceptors (Lipinski definition) is 5. The van der Waals surface area contributed by atoms with Crippen LogP contribution >= 0.6 is 0 Å². The van der Waals surface area contributed by atoms with E-state index >= 15 is 0 Å². The van der Waals surface area contributed by atoms with Gasteiger partial charge in [-0.25, -0.2) is 9.97 Å². The van der Waals surface area contributed by atoms with Gasteiger partial charge in [0.15, 0.2) is 0 Å². The highest BCUT2D eigenvalue weighted by Gasteiger charge is 2.41. The summed E-state index contributed by atoms with van der Waals surface area (Å²) < 4.78 is 39.9. The van der Waals surface area contributed by atoms with Crippen LogP contribution in [0, 0.1) is 13.8 Å². The molecule has 0 aliphatic carbocycles. The van der Waals surface area contributed by atoms with E-state index in [-0.39, 0.29) is 23.5 Å². The van der Waals surface area contributed by atoms with E-state index in [1.807, 2.05) is 36.9 Å². The summed E-state index contributed by atoms with van der Waals surface area (Å²) >= 11 is 0. The molecular weight excluding hydrogens is 539 g/mol. The first-order chi connectivity index (χ1) is 20.0. The second-order valence-electron chi connectivity index (χ2n) is 12.1. The summed E-state index contributed by atoms with van der Waals surface area (Å²) in [6, 6.07) is 16.0. The lowest BCUT2D eigenvalue weighted by atomic mass is 9.85. The summed E-state index contributed by atoms with van der Waals surface area (Å²) in [5.74, 6) is 0.00568. The predicted molar refractivity (Wildman–Crippen MR) is 157 cm³/mol. The normalized spacial score (nSPS) is 20.8. The Bertz CT molecular complexity index is 1350. The van der Waals surface area contributed by atoms with E-state index in [0.717, 1.165) is 50.0 Å². The molecule has 0 radical (unpaired) electrons. The van der Waals surface area contributed by atoms with E-state index in [4.69, 9.17) is 0 Å². The molecule has 2 aliphatic rings. The number of likely N-dealkylation sites (tertiary alicyclic amines) is 1. The Labute approximate surface area is 246 Å². The number of hydrogen-bond donors (Lipinski definition) is 0.